The molecular weight excluding hydrogens is 456 g/mol. The smallest absolute Gasteiger partial charge is 0.225 e. The first-order chi connectivity index (χ1) is 14.8. The van der Waals surface area contributed by atoms with Crippen LogP contribution in [0.15, 0.2) is 59.5 Å². The molecule has 0 bridgehead atoms. The Hall–Kier alpha value is -2.75. The molecule has 2 aromatic carbocycles. The molecule has 0 aliphatic rings. The monoisotopic (exact) mass is 474 g/mol. The maximum Gasteiger partial charge on any atom is 0.225 e. The number of carbonyl (C=O) groups is 1. The van der Waals surface area contributed by atoms with Crippen molar-refractivity contribution < 1.29 is 13.2 Å². The summed E-state index contributed by atoms with van der Waals surface area (Å²) in [5.41, 5.74) is 1.60. The van der Waals surface area contributed by atoms with Crippen LogP contribution in [0.5, 0.6) is 0 Å². The lowest BCUT2D eigenvalue weighted by molar-refractivity contribution is -0.116. The first-order valence-electron chi connectivity index (χ1n) is 9.53. The van der Waals surface area contributed by atoms with Gasteiger partial charge in [0.15, 0.2) is 9.84 Å². The number of halogens is 1. The minimum atomic E-state index is -3.47. The molecule has 0 unspecified atom stereocenters. The number of amides is 1. The number of rotatable bonds is 7. The summed E-state index contributed by atoms with van der Waals surface area (Å²) in [5.74, 6) is 0.0914. The number of benzene rings is 2. The van der Waals surface area contributed by atoms with Gasteiger partial charge in [0.05, 0.1) is 26.6 Å². The molecule has 160 valence electrons. The quantitative estimate of drug-likeness (QED) is 0.421. The van der Waals surface area contributed by atoms with Crippen LogP contribution in [0.25, 0.3) is 15.3 Å². The van der Waals surface area contributed by atoms with Crippen molar-refractivity contribution in [3.05, 3.63) is 65.3 Å². The molecule has 2 aromatic heterocycles. The Morgan fingerprint density at radius 3 is 2.65 bits per heavy atom. The second kappa shape index (κ2) is 8.78. The molecule has 31 heavy (non-hydrogen) atoms. The van der Waals surface area contributed by atoms with Crippen LogP contribution in [0.2, 0.25) is 5.02 Å². The van der Waals surface area contributed by atoms with Gasteiger partial charge in [0.25, 0.3) is 0 Å². The van der Waals surface area contributed by atoms with Crippen LogP contribution in [-0.2, 0) is 14.6 Å². The van der Waals surface area contributed by atoms with Gasteiger partial charge in [0.2, 0.25) is 11.0 Å². The van der Waals surface area contributed by atoms with Gasteiger partial charge in [-0.2, -0.15) is 9.78 Å². The average molecular weight is 475 g/mol. The fourth-order valence-electron chi connectivity index (χ4n) is 3.07. The van der Waals surface area contributed by atoms with Crippen molar-refractivity contribution in [2.24, 2.45) is 0 Å². The van der Waals surface area contributed by atoms with Gasteiger partial charge in [0.1, 0.15) is 5.82 Å². The van der Waals surface area contributed by atoms with E-state index in [-0.39, 0.29) is 29.4 Å². The second-order valence-corrected chi connectivity index (χ2v) is 10.5. The van der Waals surface area contributed by atoms with Crippen LogP contribution in [0, 0.1) is 6.92 Å². The van der Waals surface area contributed by atoms with Crippen LogP contribution in [0.1, 0.15) is 18.5 Å². The van der Waals surface area contributed by atoms with Crippen molar-refractivity contribution in [3.8, 4) is 5.13 Å². The fraction of sp³-hybridized carbons (Fsp3) is 0.190. The van der Waals surface area contributed by atoms with E-state index < -0.39 is 9.84 Å². The van der Waals surface area contributed by atoms with Crippen molar-refractivity contribution in [2.75, 3.05) is 11.1 Å². The van der Waals surface area contributed by atoms with Gasteiger partial charge in [-0.3, -0.25) is 4.79 Å². The normalized spacial score (nSPS) is 11.7. The number of aryl methyl sites for hydroxylation is 1. The molecule has 0 saturated heterocycles. The molecule has 10 heteroatoms. The fourth-order valence-corrected chi connectivity index (χ4v) is 5.44. The number of carbonyl (C=O) groups excluding carboxylic acids is 1. The minimum Gasteiger partial charge on any atom is -0.311 e. The van der Waals surface area contributed by atoms with Gasteiger partial charge in [-0.1, -0.05) is 35.1 Å². The number of hydrogen-bond acceptors (Lipinski definition) is 6. The van der Waals surface area contributed by atoms with Crippen molar-refractivity contribution in [1.82, 2.24) is 14.8 Å². The Kier molecular flexibility index (Phi) is 6.08. The third-order valence-corrected chi connectivity index (χ3v) is 7.63. The maximum atomic E-state index is 12.5. The molecule has 0 spiro atoms. The highest BCUT2D eigenvalue weighted by Crippen LogP contribution is 2.27. The summed E-state index contributed by atoms with van der Waals surface area (Å²) in [4.78, 5) is 17.2. The summed E-state index contributed by atoms with van der Waals surface area (Å²) < 4.78 is 27.5. The molecule has 4 aromatic rings. The third-order valence-electron chi connectivity index (χ3n) is 4.55. The lowest BCUT2D eigenvalue weighted by atomic mass is 10.3. The third kappa shape index (κ3) is 4.95. The Morgan fingerprint density at radius 1 is 1.16 bits per heavy atom. The van der Waals surface area contributed by atoms with E-state index in [2.05, 4.69) is 15.4 Å². The largest absolute Gasteiger partial charge is 0.311 e. The zero-order valence-corrected chi connectivity index (χ0v) is 19.0. The molecule has 0 aliphatic heterocycles. The molecule has 7 nitrogen and oxygen atoms in total. The average Bonchev–Trinajstić information content (AvgIpc) is 3.31. The first-order valence-corrected chi connectivity index (χ1v) is 12.4. The molecule has 2 heterocycles. The summed E-state index contributed by atoms with van der Waals surface area (Å²) in [5, 5.41) is 8.38. The number of nitrogens with one attached hydrogen (secondary N) is 1. The lowest BCUT2D eigenvalue weighted by Crippen LogP contribution is -2.16. The first kappa shape index (κ1) is 21.5. The Morgan fingerprint density at radius 2 is 1.90 bits per heavy atom. The van der Waals surface area contributed by atoms with Crippen molar-refractivity contribution in [1.29, 1.82) is 0 Å². The van der Waals surface area contributed by atoms with Gasteiger partial charge in [-0.05, 0) is 49.7 Å². The van der Waals surface area contributed by atoms with Gasteiger partial charge in [-0.25, -0.2) is 13.4 Å². The van der Waals surface area contributed by atoms with Crippen molar-refractivity contribution in [2.45, 2.75) is 24.7 Å². The summed E-state index contributed by atoms with van der Waals surface area (Å²) in [6.45, 7) is 1.83. The second-order valence-electron chi connectivity index (χ2n) is 6.97. The summed E-state index contributed by atoms with van der Waals surface area (Å²) >= 11 is 7.28. The number of para-hydroxylation sites is 1. The van der Waals surface area contributed by atoms with Gasteiger partial charge < -0.3 is 5.32 Å². The van der Waals surface area contributed by atoms with E-state index in [4.69, 9.17) is 11.6 Å². The van der Waals surface area contributed by atoms with Crippen LogP contribution >= 0.6 is 22.9 Å². The summed E-state index contributed by atoms with van der Waals surface area (Å²) in [6.07, 6.45) is 0.266. The predicted octanol–water partition coefficient (Wildman–Crippen LogP) is 4.64. The van der Waals surface area contributed by atoms with E-state index in [0.29, 0.717) is 16.0 Å². The van der Waals surface area contributed by atoms with Crippen LogP contribution < -0.4 is 5.32 Å². The highest BCUT2D eigenvalue weighted by Gasteiger charge is 2.17. The highest BCUT2D eigenvalue weighted by atomic mass is 35.5. The SMILES string of the molecule is Cc1cc(NC(=O)CCCS(=O)(=O)c2ccc(Cl)cc2)n(-c2nc3ccccc3s2)n1. The number of anilines is 1. The maximum absolute atomic E-state index is 12.5. The molecule has 0 fully saturated rings. The van der Waals surface area contributed by atoms with Crippen LogP contribution in [0.3, 0.4) is 0 Å². The molecule has 0 atom stereocenters. The van der Waals surface area contributed by atoms with Gasteiger partial charge >= 0.3 is 0 Å². The Labute approximate surface area is 188 Å². The number of aromatic nitrogens is 3. The van der Waals surface area contributed by atoms with E-state index in [9.17, 15) is 13.2 Å². The van der Waals surface area contributed by atoms with Crippen LogP contribution in [-0.4, -0.2) is 34.8 Å². The van der Waals surface area contributed by atoms with E-state index in [0.717, 1.165) is 15.9 Å². The van der Waals surface area contributed by atoms with E-state index >= 15 is 0 Å². The summed E-state index contributed by atoms with van der Waals surface area (Å²) in [7, 11) is -3.47. The van der Waals surface area contributed by atoms with Crippen molar-refractivity contribution in [3.63, 3.8) is 0 Å². The molecule has 0 aliphatic carbocycles. The van der Waals surface area contributed by atoms with E-state index in [1.54, 1.807) is 10.7 Å². The number of nitrogens with zero attached hydrogens (tertiary/aromatic N) is 3. The number of thiazole rings is 1. The zero-order valence-electron chi connectivity index (χ0n) is 16.6. The number of hydrogen-bond donors (Lipinski definition) is 1. The minimum absolute atomic E-state index is 0.0664. The van der Waals surface area contributed by atoms with E-state index in [1.165, 1.54) is 35.6 Å². The topological polar surface area (TPSA) is 94.0 Å². The van der Waals surface area contributed by atoms with Gasteiger partial charge in [-0.15, -0.1) is 0 Å². The standard InChI is InChI=1S/C21H19ClN4O3S2/c1-14-13-19(26(25-14)21-23-17-5-2-3-6-18(17)30-21)24-20(27)7-4-12-31(28,29)16-10-8-15(22)9-11-16/h2-3,5-6,8-11,13H,4,7,12H2,1H3,(H,24,27). The van der Waals surface area contributed by atoms with Crippen molar-refractivity contribution >= 4 is 54.7 Å². The molecule has 1 N–H and O–H groups in total. The Balaban J connectivity index is 1.42. The number of sulfone groups is 1. The lowest BCUT2D eigenvalue weighted by Gasteiger charge is -2.07. The number of fused-ring (bicyclic) bond motifs is 1. The summed E-state index contributed by atoms with van der Waals surface area (Å²) in [6, 6.07) is 15.5. The zero-order chi connectivity index (χ0) is 22.0. The van der Waals surface area contributed by atoms with E-state index in [1.807, 2.05) is 31.2 Å². The predicted molar refractivity (Wildman–Crippen MR) is 123 cm³/mol. The molecular formula is C21H19ClN4O3S2. The highest BCUT2D eigenvalue weighted by molar-refractivity contribution is 7.91. The molecule has 1 amide bonds. The van der Waals surface area contributed by atoms with Crippen LogP contribution in [0.4, 0.5) is 5.82 Å². The molecule has 4 rings (SSSR count). The molecule has 0 radical (unpaired) electrons. The molecule has 0 saturated carbocycles. The Bertz CT molecular complexity index is 1310. The van der Waals surface area contributed by atoms with Gasteiger partial charge in [0, 0.05) is 17.5 Å².